The van der Waals surface area contributed by atoms with Crippen molar-refractivity contribution in [2.45, 2.75) is 38.2 Å². The Morgan fingerprint density at radius 1 is 1.06 bits per heavy atom. The van der Waals surface area contributed by atoms with Crippen molar-refractivity contribution in [3.8, 4) is 0 Å². The minimum atomic E-state index is -0.492. The average Bonchev–Trinajstić information content (AvgIpc) is 3.38. The second kappa shape index (κ2) is 9.61. The molecule has 34 heavy (non-hydrogen) atoms. The molecule has 2 aliphatic rings. The smallest absolute Gasteiger partial charge is 0.337 e. The molecule has 0 unspecified atom stereocenters. The number of rotatable bonds is 5. The summed E-state index contributed by atoms with van der Waals surface area (Å²) in [7, 11) is 0. The Balaban J connectivity index is 1.51. The van der Waals surface area contributed by atoms with Crippen LogP contribution in [0.1, 0.15) is 47.6 Å². The zero-order chi connectivity index (χ0) is 23.7. The fraction of sp³-hybridized carbons (Fsp3) is 0.214. The number of hydrogen-bond acceptors (Lipinski definition) is 5. The van der Waals surface area contributed by atoms with Gasteiger partial charge in [0.15, 0.2) is 5.78 Å². The first-order chi connectivity index (χ1) is 16.5. The van der Waals surface area contributed by atoms with Crippen LogP contribution in [0.3, 0.4) is 0 Å². The van der Waals surface area contributed by atoms with Crippen LogP contribution in [-0.2, 0) is 20.9 Å². The standard InChI is InChI=1S/C28H24ClNO3S/c1-17-25(28(32)33-16-18-6-3-2-4-7-18)26(19-9-11-21(29)12-10-19)27-22(30-17)14-20(15-23(27)31)24-8-5-13-34-24/h2-13,20,26,30H,14-16H2,1H3/t20-,26+/m1/s1. The van der Waals surface area contributed by atoms with Gasteiger partial charge in [0.25, 0.3) is 0 Å². The largest absolute Gasteiger partial charge is 0.457 e. The van der Waals surface area contributed by atoms with Gasteiger partial charge in [-0.3, -0.25) is 4.79 Å². The second-order valence-corrected chi connectivity index (χ2v) is 10.1. The van der Waals surface area contributed by atoms with Crippen molar-refractivity contribution in [3.63, 3.8) is 0 Å². The number of esters is 1. The fourth-order valence-electron chi connectivity index (χ4n) is 4.82. The van der Waals surface area contributed by atoms with Gasteiger partial charge in [0.1, 0.15) is 6.61 Å². The van der Waals surface area contributed by atoms with E-state index in [1.807, 2.05) is 60.8 Å². The zero-order valence-corrected chi connectivity index (χ0v) is 20.3. The molecule has 2 aromatic carbocycles. The Hall–Kier alpha value is -3.15. The Labute approximate surface area is 207 Å². The average molecular weight is 490 g/mol. The third-order valence-electron chi connectivity index (χ3n) is 6.41. The van der Waals surface area contributed by atoms with E-state index in [2.05, 4.69) is 11.4 Å². The maximum absolute atomic E-state index is 13.5. The Bertz CT molecular complexity index is 1280. The van der Waals surface area contributed by atoms with E-state index in [1.165, 1.54) is 4.88 Å². The molecule has 1 aliphatic heterocycles. The van der Waals surface area contributed by atoms with Gasteiger partial charge < -0.3 is 10.1 Å². The maximum Gasteiger partial charge on any atom is 0.337 e. The summed E-state index contributed by atoms with van der Waals surface area (Å²) in [6.07, 6.45) is 1.16. The van der Waals surface area contributed by atoms with E-state index in [0.29, 0.717) is 22.6 Å². The second-order valence-electron chi connectivity index (χ2n) is 8.65. The molecule has 0 saturated carbocycles. The van der Waals surface area contributed by atoms with E-state index in [-0.39, 0.29) is 18.3 Å². The van der Waals surface area contributed by atoms with Crippen LogP contribution >= 0.6 is 22.9 Å². The predicted molar refractivity (Wildman–Crippen MR) is 135 cm³/mol. The number of allylic oxidation sites excluding steroid dienone is 3. The number of dihydropyridines is 1. The highest BCUT2D eigenvalue weighted by molar-refractivity contribution is 7.10. The summed E-state index contributed by atoms with van der Waals surface area (Å²) in [5.41, 5.74) is 4.51. The van der Waals surface area contributed by atoms with Gasteiger partial charge in [0, 0.05) is 45.1 Å². The molecule has 0 saturated heterocycles. The van der Waals surface area contributed by atoms with Crippen molar-refractivity contribution in [1.82, 2.24) is 5.32 Å². The van der Waals surface area contributed by atoms with Gasteiger partial charge >= 0.3 is 5.97 Å². The molecule has 0 fully saturated rings. The van der Waals surface area contributed by atoms with Crippen LogP contribution in [0.4, 0.5) is 0 Å². The lowest BCUT2D eigenvalue weighted by Gasteiger charge is -2.36. The monoisotopic (exact) mass is 489 g/mol. The number of Topliss-reactive ketones (excluding diaryl/α,β-unsaturated/α-hetero) is 1. The van der Waals surface area contributed by atoms with Crippen LogP contribution in [0.2, 0.25) is 5.02 Å². The Morgan fingerprint density at radius 2 is 1.82 bits per heavy atom. The first-order valence-electron chi connectivity index (χ1n) is 11.2. The van der Waals surface area contributed by atoms with E-state index in [0.717, 1.165) is 28.9 Å². The molecule has 4 nitrogen and oxygen atoms in total. The molecule has 1 aliphatic carbocycles. The minimum absolute atomic E-state index is 0.0629. The van der Waals surface area contributed by atoms with Crippen LogP contribution in [-0.4, -0.2) is 11.8 Å². The zero-order valence-electron chi connectivity index (χ0n) is 18.7. The molecule has 5 rings (SSSR count). The summed E-state index contributed by atoms with van der Waals surface area (Å²) < 4.78 is 5.71. The minimum Gasteiger partial charge on any atom is -0.457 e. The van der Waals surface area contributed by atoms with Crippen molar-refractivity contribution >= 4 is 34.7 Å². The summed E-state index contributed by atoms with van der Waals surface area (Å²) in [6, 6.07) is 21.0. The molecule has 0 radical (unpaired) electrons. The highest BCUT2D eigenvalue weighted by Gasteiger charge is 2.41. The molecular weight excluding hydrogens is 466 g/mol. The summed E-state index contributed by atoms with van der Waals surface area (Å²) in [6.45, 7) is 2.05. The van der Waals surface area contributed by atoms with Crippen LogP contribution in [0.15, 0.2) is 94.7 Å². The van der Waals surface area contributed by atoms with Crippen molar-refractivity contribution in [2.75, 3.05) is 0 Å². The molecule has 0 spiro atoms. The number of nitrogens with one attached hydrogen (secondary N) is 1. The predicted octanol–water partition coefficient (Wildman–Crippen LogP) is 6.51. The highest BCUT2D eigenvalue weighted by atomic mass is 35.5. The topological polar surface area (TPSA) is 55.4 Å². The number of carbonyl (C=O) groups is 2. The molecule has 3 aromatic rings. The number of ketones is 1. The molecule has 2 heterocycles. The summed E-state index contributed by atoms with van der Waals surface area (Å²) in [4.78, 5) is 28.1. The van der Waals surface area contributed by atoms with Crippen LogP contribution in [0.5, 0.6) is 0 Å². The van der Waals surface area contributed by atoms with Gasteiger partial charge in [0.2, 0.25) is 0 Å². The van der Waals surface area contributed by atoms with Gasteiger partial charge in [-0.1, -0.05) is 60.1 Å². The number of hydrogen-bond donors (Lipinski definition) is 1. The van der Waals surface area contributed by atoms with E-state index < -0.39 is 11.9 Å². The summed E-state index contributed by atoms with van der Waals surface area (Å²) in [5.74, 6) is -0.709. The third-order valence-corrected chi connectivity index (χ3v) is 7.70. The fourth-order valence-corrected chi connectivity index (χ4v) is 5.78. The van der Waals surface area contributed by atoms with E-state index >= 15 is 0 Å². The van der Waals surface area contributed by atoms with Crippen molar-refractivity contribution < 1.29 is 14.3 Å². The maximum atomic E-state index is 13.5. The molecule has 172 valence electrons. The first-order valence-corrected chi connectivity index (χ1v) is 12.5. The van der Waals surface area contributed by atoms with Crippen LogP contribution in [0, 0.1) is 0 Å². The van der Waals surface area contributed by atoms with E-state index in [1.54, 1.807) is 23.5 Å². The van der Waals surface area contributed by atoms with Gasteiger partial charge in [-0.05, 0) is 48.1 Å². The van der Waals surface area contributed by atoms with Crippen LogP contribution < -0.4 is 5.32 Å². The third kappa shape index (κ3) is 4.46. The van der Waals surface area contributed by atoms with Crippen molar-refractivity contribution in [1.29, 1.82) is 0 Å². The quantitative estimate of drug-likeness (QED) is 0.415. The Morgan fingerprint density at radius 3 is 2.53 bits per heavy atom. The van der Waals surface area contributed by atoms with Gasteiger partial charge in [-0.2, -0.15) is 0 Å². The first kappa shape index (κ1) is 22.6. The molecule has 1 N–H and O–H groups in total. The van der Waals surface area contributed by atoms with Crippen molar-refractivity contribution in [3.05, 3.63) is 116 Å². The van der Waals surface area contributed by atoms with Crippen LogP contribution in [0.25, 0.3) is 0 Å². The molecule has 2 atom stereocenters. The molecule has 1 aromatic heterocycles. The summed E-state index contributed by atoms with van der Waals surface area (Å²) in [5, 5.41) is 6.04. The molecule has 6 heteroatoms. The van der Waals surface area contributed by atoms with Gasteiger partial charge in [-0.15, -0.1) is 11.3 Å². The van der Waals surface area contributed by atoms with E-state index in [4.69, 9.17) is 16.3 Å². The summed E-state index contributed by atoms with van der Waals surface area (Å²) >= 11 is 7.82. The lowest BCUT2D eigenvalue weighted by Crippen LogP contribution is -2.36. The molecular formula is C28H24ClNO3S. The highest BCUT2D eigenvalue weighted by Crippen LogP contribution is 2.46. The SMILES string of the molecule is CC1=C(C(=O)OCc2ccccc2)[C@H](c2ccc(Cl)cc2)C2=C(C[C@@H](c3cccs3)CC2=O)N1. The van der Waals surface area contributed by atoms with Crippen molar-refractivity contribution in [2.24, 2.45) is 0 Å². The molecule has 0 amide bonds. The number of benzene rings is 2. The number of ether oxygens (including phenoxy) is 1. The van der Waals surface area contributed by atoms with Gasteiger partial charge in [-0.25, -0.2) is 4.79 Å². The number of carbonyl (C=O) groups excluding carboxylic acids is 2. The number of halogens is 1. The Kier molecular flexibility index (Phi) is 6.40. The lowest BCUT2D eigenvalue weighted by atomic mass is 9.72. The number of thiophene rings is 1. The lowest BCUT2D eigenvalue weighted by molar-refractivity contribution is -0.140. The van der Waals surface area contributed by atoms with E-state index in [9.17, 15) is 9.59 Å². The normalized spacial score (nSPS) is 20.1. The molecule has 0 bridgehead atoms. The van der Waals surface area contributed by atoms with Gasteiger partial charge in [0.05, 0.1) is 5.57 Å².